The van der Waals surface area contributed by atoms with Crippen molar-refractivity contribution in [2.45, 2.75) is 25.8 Å². The summed E-state index contributed by atoms with van der Waals surface area (Å²) in [5.41, 5.74) is 1.07. The van der Waals surface area contributed by atoms with E-state index in [4.69, 9.17) is 5.11 Å². The van der Waals surface area contributed by atoms with Crippen molar-refractivity contribution in [3.8, 4) is 5.75 Å². The number of hydrogen-bond donors (Lipinski definition) is 2. The summed E-state index contributed by atoms with van der Waals surface area (Å²) in [7, 11) is 0. The molecule has 0 spiro atoms. The van der Waals surface area contributed by atoms with Gasteiger partial charge in [0.05, 0.1) is 0 Å². The summed E-state index contributed by atoms with van der Waals surface area (Å²) in [6, 6.07) is 7.49. The van der Waals surface area contributed by atoms with Gasteiger partial charge >= 0.3 is 5.97 Å². The number of carboxylic acids is 1. The van der Waals surface area contributed by atoms with E-state index >= 15 is 0 Å². The number of rotatable bonds is 4. The molecule has 1 heterocycles. The third-order valence-electron chi connectivity index (χ3n) is 3.68. The quantitative estimate of drug-likeness (QED) is 0.859. The molecule has 1 aliphatic rings. The maximum atomic E-state index is 10.7. The Bertz CT molecular complexity index is 433. The average molecular weight is 249 g/mol. The van der Waals surface area contributed by atoms with Crippen molar-refractivity contribution < 1.29 is 15.0 Å². The summed E-state index contributed by atoms with van der Waals surface area (Å²) >= 11 is 0. The molecule has 1 fully saturated rings. The smallest absolute Gasteiger partial charge is 0.303 e. The van der Waals surface area contributed by atoms with E-state index in [0.717, 1.165) is 25.1 Å². The van der Waals surface area contributed by atoms with Crippen molar-refractivity contribution in [2.24, 2.45) is 5.92 Å². The maximum absolute atomic E-state index is 10.7. The number of aliphatic carboxylic acids is 1. The summed E-state index contributed by atoms with van der Waals surface area (Å²) < 4.78 is 0. The van der Waals surface area contributed by atoms with E-state index in [1.54, 1.807) is 12.1 Å². The van der Waals surface area contributed by atoms with Crippen LogP contribution in [0.4, 0.5) is 0 Å². The van der Waals surface area contributed by atoms with Crippen LogP contribution in [0.25, 0.3) is 0 Å². The van der Waals surface area contributed by atoms with Crippen LogP contribution in [0, 0.1) is 5.92 Å². The first-order chi connectivity index (χ1) is 8.56. The lowest BCUT2D eigenvalue weighted by Gasteiger charge is -2.24. The molecule has 0 bridgehead atoms. The first-order valence-corrected chi connectivity index (χ1v) is 6.31. The summed E-state index contributed by atoms with van der Waals surface area (Å²) in [4.78, 5) is 13.0. The summed E-state index contributed by atoms with van der Waals surface area (Å²) in [6.07, 6.45) is 1.19. The number of hydrogen-bond acceptors (Lipinski definition) is 3. The Kier molecular flexibility index (Phi) is 3.87. The van der Waals surface area contributed by atoms with Crippen LogP contribution in [0.3, 0.4) is 0 Å². The Hall–Kier alpha value is -1.55. The summed E-state index contributed by atoms with van der Waals surface area (Å²) in [5.74, 6) is -0.185. The monoisotopic (exact) mass is 249 g/mol. The van der Waals surface area contributed by atoms with Crippen molar-refractivity contribution >= 4 is 5.97 Å². The Balaban J connectivity index is 1.99. The maximum Gasteiger partial charge on any atom is 0.303 e. The third-order valence-corrected chi connectivity index (χ3v) is 3.68. The number of phenols is 1. The Morgan fingerprint density at radius 1 is 1.56 bits per heavy atom. The van der Waals surface area contributed by atoms with Gasteiger partial charge in [0, 0.05) is 19.0 Å². The van der Waals surface area contributed by atoms with Crippen LogP contribution < -0.4 is 0 Å². The first kappa shape index (κ1) is 12.9. The second-order valence-corrected chi connectivity index (χ2v) is 5.02. The predicted octanol–water partition coefficient (Wildman–Crippen LogP) is 2.25. The lowest BCUT2D eigenvalue weighted by molar-refractivity contribution is -0.138. The van der Waals surface area contributed by atoms with E-state index in [1.165, 1.54) is 0 Å². The Labute approximate surface area is 107 Å². The van der Waals surface area contributed by atoms with Gasteiger partial charge in [-0.15, -0.1) is 0 Å². The van der Waals surface area contributed by atoms with Crippen LogP contribution in [0.15, 0.2) is 24.3 Å². The van der Waals surface area contributed by atoms with Gasteiger partial charge in [0.1, 0.15) is 5.75 Å². The fourth-order valence-corrected chi connectivity index (χ4v) is 2.62. The molecular weight excluding hydrogens is 230 g/mol. The molecule has 18 heavy (non-hydrogen) atoms. The number of likely N-dealkylation sites (tertiary alicyclic amines) is 1. The van der Waals surface area contributed by atoms with Crippen molar-refractivity contribution in [1.29, 1.82) is 0 Å². The van der Waals surface area contributed by atoms with Gasteiger partial charge < -0.3 is 10.2 Å². The van der Waals surface area contributed by atoms with E-state index in [2.05, 4.69) is 11.8 Å². The lowest BCUT2D eigenvalue weighted by Crippen LogP contribution is -2.24. The molecule has 4 heteroatoms. The van der Waals surface area contributed by atoms with E-state index in [1.807, 2.05) is 12.1 Å². The van der Waals surface area contributed by atoms with Crippen molar-refractivity contribution in [3.63, 3.8) is 0 Å². The largest absolute Gasteiger partial charge is 0.508 e. The van der Waals surface area contributed by atoms with E-state index in [0.29, 0.717) is 0 Å². The minimum Gasteiger partial charge on any atom is -0.508 e. The molecule has 0 saturated carbocycles. The number of benzene rings is 1. The molecule has 0 amide bonds. The zero-order chi connectivity index (χ0) is 13.1. The molecule has 4 nitrogen and oxygen atoms in total. The van der Waals surface area contributed by atoms with Crippen molar-refractivity contribution in [2.75, 3.05) is 13.1 Å². The molecule has 98 valence electrons. The van der Waals surface area contributed by atoms with Gasteiger partial charge in [-0.1, -0.05) is 12.1 Å². The van der Waals surface area contributed by atoms with Crippen LogP contribution in [0.5, 0.6) is 5.75 Å². The molecule has 2 rings (SSSR count). The highest BCUT2D eigenvalue weighted by molar-refractivity contribution is 5.67. The number of aromatic hydroxyl groups is 1. The standard InChI is InChI=1S/C14H19NO3/c1-10(12-3-2-4-13(16)8-12)15-6-5-11(9-15)7-14(17)18/h2-4,8,10-11,16H,5-7,9H2,1H3,(H,17,18). The van der Waals surface area contributed by atoms with Gasteiger partial charge in [-0.3, -0.25) is 9.69 Å². The van der Waals surface area contributed by atoms with E-state index < -0.39 is 5.97 Å². The first-order valence-electron chi connectivity index (χ1n) is 6.31. The Morgan fingerprint density at radius 2 is 2.33 bits per heavy atom. The van der Waals surface area contributed by atoms with Crippen LogP contribution in [0.2, 0.25) is 0 Å². The molecule has 1 aromatic rings. The van der Waals surface area contributed by atoms with Gasteiger partial charge in [-0.25, -0.2) is 0 Å². The zero-order valence-corrected chi connectivity index (χ0v) is 10.5. The van der Waals surface area contributed by atoms with Crippen LogP contribution >= 0.6 is 0 Å². The number of nitrogens with zero attached hydrogens (tertiary/aromatic N) is 1. The highest BCUT2D eigenvalue weighted by atomic mass is 16.4. The van der Waals surface area contributed by atoms with Crippen LogP contribution in [-0.2, 0) is 4.79 Å². The molecule has 1 aliphatic heterocycles. The topological polar surface area (TPSA) is 60.8 Å². The second kappa shape index (κ2) is 5.40. The van der Waals surface area contributed by atoms with Gasteiger partial charge in [0.25, 0.3) is 0 Å². The lowest BCUT2D eigenvalue weighted by atomic mass is 10.0. The van der Waals surface area contributed by atoms with Crippen molar-refractivity contribution in [3.05, 3.63) is 29.8 Å². The third kappa shape index (κ3) is 3.01. The predicted molar refractivity (Wildman–Crippen MR) is 68.5 cm³/mol. The molecule has 0 aliphatic carbocycles. The molecule has 0 radical (unpaired) electrons. The van der Waals surface area contributed by atoms with E-state index in [-0.39, 0.29) is 24.1 Å². The fraction of sp³-hybridized carbons (Fsp3) is 0.500. The highest BCUT2D eigenvalue weighted by Crippen LogP contribution is 2.29. The average Bonchev–Trinajstić information content (AvgIpc) is 2.75. The molecule has 1 saturated heterocycles. The molecule has 1 aromatic carbocycles. The van der Waals surface area contributed by atoms with Gasteiger partial charge in [0.2, 0.25) is 0 Å². The van der Waals surface area contributed by atoms with E-state index in [9.17, 15) is 9.90 Å². The highest BCUT2D eigenvalue weighted by Gasteiger charge is 2.28. The second-order valence-electron chi connectivity index (χ2n) is 5.02. The van der Waals surface area contributed by atoms with Crippen LogP contribution in [0.1, 0.15) is 31.4 Å². The fourth-order valence-electron chi connectivity index (χ4n) is 2.62. The minimum atomic E-state index is -0.716. The molecule has 2 atom stereocenters. The van der Waals surface area contributed by atoms with Gasteiger partial charge in [-0.2, -0.15) is 0 Å². The zero-order valence-electron chi connectivity index (χ0n) is 10.5. The molecule has 0 aromatic heterocycles. The molecule has 2 unspecified atom stereocenters. The molecule has 2 N–H and O–H groups in total. The number of carbonyl (C=O) groups is 1. The summed E-state index contributed by atoms with van der Waals surface area (Å²) in [5, 5.41) is 18.3. The summed E-state index contributed by atoms with van der Waals surface area (Å²) in [6.45, 7) is 3.84. The Morgan fingerprint density at radius 3 is 3.00 bits per heavy atom. The minimum absolute atomic E-state index is 0.218. The molecular formula is C14H19NO3. The SMILES string of the molecule is CC(c1cccc(O)c1)N1CCC(CC(=O)O)C1. The van der Waals surface area contributed by atoms with Gasteiger partial charge in [0.15, 0.2) is 0 Å². The number of phenolic OH excluding ortho intramolecular Hbond substituents is 1. The van der Waals surface area contributed by atoms with Crippen LogP contribution in [-0.4, -0.2) is 34.2 Å². The normalized spacial score (nSPS) is 21.9. The van der Waals surface area contributed by atoms with Crippen molar-refractivity contribution in [1.82, 2.24) is 4.90 Å². The number of carboxylic acid groups (broad SMARTS) is 1. The van der Waals surface area contributed by atoms with Gasteiger partial charge in [-0.05, 0) is 43.5 Å².